The summed E-state index contributed by atoms with van der Waals surface area (Å²) in [7, 11) is 1.68. The van der Waals surface area contributed by atoms with Gasteiger partial charge in [-0.1, -0.05) is 23.8 Å². The maximum atomic E-state index is 12.7. The zero-order chi connectivity index (χ0) is 18.1. The number of carbonyl (C=O) groups is 1. The van der Waals surface area contributed by atoms with Crippen LogP contribution in [0.25, 0.3) is 16.5 Å². The number of ether oxygens (including phenoxy) is 1. The highest BCUT2D eigenvalue weighted by Crippen LogP contribution is 2.31. The molecule has 2 aromatic carbocycles. The number of aromatic amines is 1. The number of carbonyl (C=O) groups excluding carboxylic acids is 1. The molecule has 1 aliphatic heterocycles. The monoisotopic (exact) mass is 346 g/mol. The molecule has 0 aliphatic carbocycles. The third-order valence-corrected chi connectivity index (χ3v) is 5.03. The van der Waals surface area contributed by atoms with Gasteiger partial charge in [-0.15, -0.1) is 0 Å². The normalized spacial score (nSPS) is 14.4. The number of rotatable bonds is 3. The molecule has 132 valence electrons. The number of aromatic nitrogens is 1. The van der Waals surface area contributed by atoms with E-state index in [1.807, 2.05) is 54.4 Å². The van der Waals surface area contributed by atoms with Gasteiger partial charge in [-0.2, -0.15) is 0 Å². The Labute approximate surface area is 153 Å². The Kier molecular flexibility index (Phi) is 4.25. The topological polar surface area (TPSA) is 45.3 Å². The molecule has 1 N–H and O–H groups in total. The molecule has 3 aromatic rings. The van der Waals surface area contributed by atoms with Gasteiger partial charge in [-0.05, 0) is 49.2 Å². The van der Waals surface area contributed by atoms with E-state index < -0.39 is 0 Å². The number of hydrogen-bond acceptors (Lipinski definition) is 2. The van der Waals surface area contributed by atoms with Crippen molar-refractivity contribution in [2.24, 2.45) is 0 Å². The lowest BCUT2D eigenvalue weighted by atomic mass is 9.98. The average Bonchev–Trinajstić information content (AvgIpc) is 3.11. The summed E-state index contributed by atoms with van der Waals surface area (Å²) >= 11 is 0. The summed E-state index contributed by atoms with van der Waals surface area (Å²) in [6.07, 6.45) is 5.06. The SMILES string of the molecule is COc1ccc2[nH]cc(C3=CCN(C(=O)c4ccc(C)cc4)CC3)c2c1. The van der Waals surface area contributed by atoms with Crippen molar-refractivity contribution in [1.29, 1.82) is 0 Å². The van der Waals surface area contributed by atoms with Crippen molar-refractivity contribution in [3.05, 3.63) is 71.4 Å². The predicted octanol–water partition coefficient (Wildman–Crippen LogP) is 4.41. The van der Waals surface area contributed by atoms with Crippen molar-refractivity contribution in [2.45, 2.75) is 13.3 Å². The van der Waals surface area contributed by atoms with Crippen molar-refractivity contribution in [2.75, 3.05) is 20.2 Å². The predicted molar refractivity (Wildman–Crippen MR) is 105 cm³/mol. The molecule has 0 atom stereocenters. The number of benzene rings is 2. The van der Waals surface area contributed by atoms with E-state index in [9.17, 15) is 4.79 Å². The van der Waals surface area contributed by atoms with E-state index in [0.717, 1.165) is 40.7 Å². The lowest BCUT2D eigenvalue weighted by molar-refractivity contribution is 0.0773. The molecule has 26 heavy (non-hydrogen) atoms. The van der Waals surface area contributed by atoms with Gasteiger partial charge < -0.3 is 14.6 Å². The first kappa shape index (κ1) is 16.5. The maximum Gasteiger partial charge on any atom is 0.254 e. The van der Waals surface area contributed by atoms with Gasteiger partial charge in [0.1, 0.15) is 5.75 Å². The number of hydrogen-bond donors (Lipinski definition) is 1. The second kappa shape index (κ2) is 6.71. The molecule has 0 saturated heterocycles. The van der Waals surface area contributed by atoms with Crippen LogP contribution in [0.1, 0.15) is 27.9 Å². The number of H-pyrrole nitrogens is 1. The number of fused-ring (bicyclic) bond motifs is 1. The Morgan fingerprint density at radius 2 is 1.96 bits per heavy atom. The van der Waals surface area contributed by atoms with Crippen LogP contribution in [0.2, 0.25) is 0 Å². The number of methoxy groups -OCH3 is 1. The molecule has 0 radical (unpaired) electrons. The number of aryl methyl sites for hydroxylation is 1. The van der Waals surface area contributed by atoms with Crippen LogP contribution < -0.4 is 4.74 Å². The lowest BCUT2D eigenvalue weighted by Crippen LogP contribution is -2.34. The summed E-state index contributed by atoms with van der Waals surface area (Å²) in [5.41, 5.74) is 5.49. The molecule has 1 amide bonds. The molecule has 0 saturated carbocycles. The van der Waals surface area contributed by atoms with Crippen LogP contribution in [0.4, 0.5) is 0 Å². The summed E-state index contributed by atoms with van der Waals surface area (Å²) in [6, 6.07) is 13.8. The average molecular weight is 346 g/mol. The first-order valence-electron chi connectivity index (χ1n) is 8.86. The Balaban J connectivity index is 1.56. The quantitative estimate of drug-likeness (QED) is 0.763. The van der Waals surface area contributed by atoms with E-state index in [1.54, 1.807) is 7.11 Å². The van der Waals surface area contributed by atoms with Crippen LogP contribution in [-0.2, 0) is 0 Å². The zero-order valence-electron chi connectivity index (χ0n) is 15.1. The summed E-state index contributed by atoms with van der Waals surface area (Å²) < 4.78 is 5.35. The van der Waals surface area contributed by atoms with Crippen molar-refractivity contribution in [3.8, 4) is 5.75 Å². The molecule has 4 rings (SSSR count). The second-order valence-electron chi connectivity index (χ2n) is 6.71. The highest BCUT2D eigenvalue weighted by molar-refractivity contribution is 5.96. The fourth-order valence-electron chi connectivity index (χ4n) is 3.47. The van der Waals surface area contributed by atoms with Crippen LogP contribution in [0.5, 0.6) is 5.75 Å². The number of amides is 1. The first-order chi connectivity index (χ1) is 12.7. The van der Waals surface area contributed by atoms with Gasteiger partial charge in [0.25, 0.3) is 5.91 Å². The molecule has 1 aliphatic rings. The third-order valence-electron chi connectivity index (χ3n) is 5.03. The molecule has 4 heteroatoms. The number of nitrogens with zero attached hydrogens (tertiary/aromatic N) is 1. The van der Waals surface area contributed by atoms with Gasteiger partial charge in [0.15, 0.2) is 0 Å². The summed E-state index contributed by atoms with van der Waals surface area (Å²) in [4.78, 5) is 17.9. The van der Waals surface area contributed by atoms with Gasteiger partial charge in [0, 0.05) is 41.3 Å². The van der Waals surface area contributed by atoms with E-state index in [-0.39, 0.29) is 5.91 Å². The fourth-order valence-corrected chi connectivity index (χ4v) is 3.47. The Hall–Kier alpha value is -3.01. The first-order valence-corrected chi connectivity index (χ1v) is 8.86. The highest BCUT2D eigenvalue weighted by atomic mass is 16.5. The van der Waals surface area contributed by atoms with E-state index in [2.05, 4.69) is 17.1 Å². The third kappa shape index (κ3) is 2.99. The molecule has 1 aromatic heterocycles. The van der Waals surface area contributed by atoms with Crippen LogP contribution >= 0.6 is 0 Å². The van der Waals surface area contributed by atoms with E-state index >= 15 is 0 Å². The highest BCUT2D eigenvalue weighted by Gasteiger charge is 2.20. The van der Waals surface area contributed by atoms with Crippen molar-refractivity contribution in [1.82, 2.24) is 9.88 Å². The second-order valence-corrected chi connectivity index (χ2v) is 6.71. The molecular weight excluding hydrogens is 324 g/mol. The van der Waals surface area contributed by atoms with Gasteiger partial charge >= 0.3 is 0 Å². The van der Waals surface area contributed by atoms with Gasteiger partial charge in [-0.3, -0.25) is 4.79 Å². The number of nitrogens with one attached hydrogen (secondary N) is 1. The molecule has 2 heterocycles. The van der Waals surface area contributed by atoms with Crippen molar-refractivity contribution >= 4 is 22.4 Å². The van der Waals surface area contributed by atoms with Gasteiger partial charge in [-0.25, -0.2) is 0 Å². The van der Waals surface area contributed by atoms with E-state index in [0.29, 0.717) is 6.54 Å². The Morgan fingerprint density at radius 3 is 2.65 bits per heavy atom. The maximum absolute atomic E-state index is 12.7. The van der Waals surface area contributed by atoms with Crippen LogP contribution in [0, 0.1) is 6.92 Å². The fraction of sp³-hybridized carbons (Fsp3) is 0.227. The standard InChI is InChI=1S/C22H22N2O2/c1-15-3-5-17(6-4-15)22(25)24-11-9-16(10-12-24)20-14-23-21-8-7-18(26-2)13-19(20)21/h3-9,13-14,23H,10-12H2,1-2H3. The van der Waals surface area contributed by atoms with E-state index in [1.165, 1.54) is 11.1 Å². The molecule has 0 spiro atoms. The summed E-state index contributed by atoms with van der Waals surface area (Å²) in [5.74, 6) is 0.951. The summed E-state index contributed by atoms with van der Waals surface area (Å²) in [6.45, 7) is 3.40. The Morgan fingerprint density at radius 1 is 1.15 bits per heavy atom. The molecule has 0 bridgehead atoms. The van der Waals surface area contributed by atoms with Crippen molar-refractivity contribution < 1.29 is 9.53 Å². The van der Waals surface area contributed by atoms with Crippen molar-refractivity contribution in [3.63, 3.8) is 0 Å². The van der Waals surface area contributed by atoms with E-state index in [4.69, 9.17) is 4.74 Å². The minimum absolute atomic E-state index is 0.0981. The summed E-state index contributed by atoms with van der Waals surface area (Å²) in [5, 5.41) is 1.16. The Bertz CT molecular complexity index is 983. The van der Waals surface area contributed by atoms with Crippen LogP contribution in [0.15, 0.2) is 54.7 Å². The smallest absolute Gasteiger partial charge is 0.254 e. The zero-order valence-corrected chi connectivity index (χ0v) is 15.1. The lowest BCUT2D eigenvalue weighted by Gasteiger charge is -2.26. The minimum atomic E-state index is 0.0981. The largest absolute Gasteiger partial charge is 0.497 e. The minimum Gasteiger partial charge on any atom is -0.497 e. The van der Waals surface area contributed by atoms with Crippen LogP contribution in [0.3, 0.4) is 0 Å². The van der Waals surface area contributed by atoms with Gasteiger partial charge in [0.2, 0.25) is 0 Å². The molecule has 0 fully saturated rings. The molecule has 0 unspecified atom stereocenters. The molecule has 4 nitrogen and oxygen atoms in total. The molecular formula is C22H22N2O2. The van der Waals surface area contributed by atoms with Gasteiger partial charge in [0.05, 0.1) is 7.11 Å². The van der Waals surface area contributed by atoms with Crippen LogP contribution in [-0.4, -0.2) is 36.0 Å².